The van der Waals surface area contributed by atoms with Crippen LogP contribution in [0.1, 0.15) is 17.9 Å². The van der Waals surface area contributed by atoms with Gasteiger partial charge < -0.3 is 10.5 Å². The van der Waals surface area contributed by atoms with E-state index >= 15 is 0 Å². The van der Waals surface area contributed by atoms with E-state index in [0.29, 0.717) is 13.0 Å². The van der Waals surface area contributed by atoms with Gasteiger partial charge in [0, 0.05) is 13.1 Å². The van der Waals surface area contributed by atoms with E-state index in [2.05, 4.69) is 5.32 Å². The number of benzene rings is 2. The van der Waals surface area contributed by atoms with Crippen molar-refractivity contribution in [1.82, 2.24) is 5.06 Å². The summed E-state index contributed by atoms with van der Waals surface area (Å²) in [4.78, 5) is 12.6. The summed E-state index contributed by atoms with van der Waals surface area (Å²) in [5, 5.41) is 13.2. The average molecular weight is 350 g/mol. The van der Waals surface area contributed by atoms with Crippen molar-refractivity contribution < 1.29 is 23.2 Å². The number of amides is 1. The first-order chi connectivity index (χ1) is 12.0. The number of hydrogen-bond acceptors (Lipinski definition) is 3. The highest BCUT2D eigenvalue weighted by atomic mass is 19.2. The van der Waals surface area contributed by atoms with Crippen molar-refractivity contribution >= 4 is 11.6 Å². The first-order valence-corrected chi connectivity index (χ1v) is 7.90. The highest BCUT2D eigenvalue weighted by Crippen LogP contribution is 2.33. The molecule has 1 aliphatic rings. The van der Waals surface area contributed by atoms with Crippen molar-refractivity contribution in [3.05, 3.63) is 65.5 Å². The van der Waals surface area contributed by atoms with Crippen molar-refractivity contribution in [2.24, 2.45) is 5.92 Å². The second-order valence-electron chi connectivity index (χ2n) is 6.06. The summed E-state index contributed by atoms with van der Waals surface area (Å²) < 4.78 is 40.2. The van der Waals surface area contributed by atoms with Crippen LogP contribution in [0, 0.1) is 23.4 Å². The van der Waals surface area contributed by atoms with Crippen LogP contribution < -0.4 is 5.32 Å². The minimum Gasteiger partial charge on any atom is -0.323 e. The number of hydrogen-bond donors (Lipinski definition) is 2. The molecule has 0 aliphatic carbocycles. The molecular formula is C18H17F3N2O2. The molecule has 1 amide bonds. The third-order valence-corrected chi connectivity index (χ3v) is 4.44. The molecule has 1 fully saturated rings. The van der Waals surface area contributed by atoms with Crippen molar-refractivity contribution in [3.63, 3.8) is 0 Å². The Bertz CT molecular complexity index is 767. The lowest BCUT2D eigenvalue weighted by Gasteiger charge is -2.35. The third kappa shape index (κ3) is 3.83. The van der Waals surface area contributed by atoms with Crippen LogP contribution in [0.3, 0.4) is 0 Å². The van der Waals surface area contributed by atoms with Crippen LogP contribution in [0.15, 0.2) is 42.5 Å². The van der Waals surface area contributed by atoms with E-state index in [-0.39, 0.29) is 24.0 Å². The number of piperidine rings is 1. The SMILES string of the molecule is O=C(Nc1cccc(F)c1F)[C@H]1CN(O)CC[C@@H]1c1ccc(F)cc1. The first kappa shape index (κ1) is 17.4. The van der Waals surface area contributed by atoms with Crippen LogP contribution >= 0.6 is 0 Å². The van der Waals surface area contributed by atoms with E-state index in [4.69, 9.17) is 0 Å². The molecule has 7 heteroatoms. The van der Waals surface area contributed by atoms with Crippen molar-refractivity contribution in [3.8, 4) is 0 Å². The largest absolute Gasteiger partial charge is 0.323 e. The molecule has 0 bridgehead atoms. The normalized spacial score (nSPS) is 21.1. The van der Waals surface area contributed by atoms with Crippen LogP contribution in [0.5, 0.6) is 0 Å². The lowest BCUT2D eigenvalue weighted by molar-refractivity contribution is -0.141. The number of anilines is 1. The fourth-order valence-electron chi connectivity index (χ4n) is 3.14. The maximum absolute atomic E-state index is 13.8. The molecule has 1 aliphatic heterocycles. The second-order valence-corrected chi connectivity index (χ2v) is 6.06. The molecule has 2 N–H and O–H groups in total. The van der Waals surface area contributed by atoms with Gasteiger partial charge in [0.1, 0.15) is 5.82 Å². The Morgan fingerprint density at radius 2 is 1.84 bits per heavy atom. The molecular weight excluding hydrogens is 333 g/mol. The Labute approximate surface area is 142 Å². The first-order valence-electron chi connectivity index (χ1n) is 7.90. The summed E-state index contributed by atoms with van der Waals surface area (Å²) in [6, 6.07) is 9.33. The summed E-state index contributed by atoms with van der Waals surface area (Å²) in [5.74, 6) is -4.05. The summed E-state index contributed by atoms with van der Waals surface area (Å²) in [7, 11) is 0. The Morgan fingerprint density at radius 3 is 2.56 bits per heavy atom. The van der Waals surface area contributed by atoms with Gasteiger partial charge >= 0.3 is 0 Å². The molecule has 3 rings (SSSR count). The molecule has 0 aromatic heterocycles. The quantitative estimate of drug-likeness (QED) is 0.890. The zero-order valence-electron chi connectivity index (χ0n) is 13.3. The van der Waals surface area contributed by atoms with Gasteiger partial charge in [-0.15, -0.1) is 0 Å². The van der Waals surface area contributed by atoms with Gasteiger partial charge in [0.05, 0.1) is 11.6 Å². The summed E-state index contributed by atoms with van der Waals surface area (Å²) in [6.07, 6.45) is 0.478. The van der Waals surface area contributed by atoms with Crippen LogP contribution in [0.25, 0.3) is 0 Å². The van der Waals surface area contributed by atoms with Gasteiger partial charge in [-0.2, -0.15) is 5.06 Å². The van der Waals surface area contributed by atoms with Crippen LogP contribution in [0.2, 0.25) is 0 Å². The van der Waals surface area contributed by atoms with Crippen molar-refractivity contribution in [1.29, 1.82) is 0 Å². The van der Waals surface area contributed by atoms with Gasteiger partial charge in [-0.1, -0.05) is 18.2 Å². The number of hydroxylamine groups is 2. The predicted octanol–water partition coefficient (Wildman–Crippen LogP) is 3.54. The Morgan fingerprint density at radius 1 is 1.12 bits per heavy atom. The van der Waals surface area contributed by atoms with Crippen LogP contribution in [-0.4, -0.2) is 29.3 Å². The topological polar surface area (TPSA) is 52.6 Å². The van der Waals surface area contributed by atoms with E-state index in [0.717, 1.165) is 16.7 Å². The summed E-state index contributed by atoms with van der Waals surface area (Å²) >= 11 is 0. The highest BCUT2D eigenvalue weighted by Gasteiger charge is 2.35. The zero-order chi connectivity index (χ0) is 18.0. The molecule has 25 heavy (non-hydrogen) atoms. The highest BCUT2D eigenvalue weighted by molar-refractivity contribution is 5.93. The molecule has 0 radical (unpaired) electrons. The Hall–Kier alpha value is -2.38. The monoisotopic (exact) mass is 350 g/mol. The number of carbonyl (C=O) groups is 1. The number of rotatable bonds is 3. The molecule has 4 nitrogen and oxygen atoms in total. The Kier molecular flexibility index (Phi) is 5.06. The van der Waals surface area contributed by atoms with Gasteiger partial charge in [0.25, 0.3) is 0 Å². The number of carbonyl (C=O) groups excluding carboxylic acids is 1. The van der Waals surface area contributed by atoms with Gasteiger partial charge in [0.2, 0.25) is 5.91 Å². The third-order valence-electron chi connectivity index (χ3n) is 4.44. The zero-order valence-corrected chi connectivity index (χ0v) is 13.3. The molecule has 2 atom stereocenters. The molecule has 2 aromatic carbocycles. The van der Waals surface area contributed by atoms with Gasteiger partial charge in [-0.3, -0.25) is 4.79 Å². The maximum Gasteiger partial charge on any atom is 0.229 e. The fourth-order valence-corrected chi connectivity index (χ4v) is 3.14. The number of nitrogens with one attached hydrogen (secondary N) is 1. The Balaban J connectivity index is 1.84. The standard InChI is InChI=1S/C18H17F3N2O2/c19-12-6-4-11(5-7-12)13-8-9-23(25)10-14(13)18(24)22-16-3-1-2-15(20)17(16)21/h1-7,13-14,25H,8-10H2,(H,22,24)/t13-,14+/m1/s1. The van der Waals surface area contributed by atoms with Crippen molar-refractivity contribution in [2.45, 2.75) is 12.3 Å². The van der Waals surface area contributed by atoms with Gasteiger partial charge in [0.15, 0.2) is 11.6 Å². The minimum absolute atomic E-state index is 0.0464. The van der Waals surface area contributed by atoms with Crippen molar-refractivity contribution in [2.75, 3.05) is 18.4 Å². The fraction of sp³-hybridized carbons (Fsp3) is 0.278. The lowest BCUT2D eigenvalue weighted by Crippen LogP contribution is -2.43. The van der Waals surface area contributed by atoms with E-state index in [9.17, 15) is 23.2 Å². The smallest absolute Gasteiger partial charge is 0.229 e. The van der Waals surface area contributed by atoms with E-state index in [1.54, 1.807) is 12.1 Å². The molecule has 2 aromatic rings. The molecule has 1 heterocycles. The van der Waals surface area contributed by atoms with Gasteiger partial charge in [-0.25, -0.2) is 13.2 Å². The average Bonchev–Trinajstić information content (AvgIpc) is 2.60. The predicted molar refractivity (Wildman–Crippen MR) is 85.6 cm³/mol. The molecule has 0 spiro atoms. The maximum atomic E-state index is 13.8. The minimum atomic E-state index is -1.13. The van der Waals surface area contributed by atoms with Crippen LogP contribution in [0.4, 0.5) is 18.9 Å². The molecule has 132 valence electrons. The lowest BCUT2D eigenvalue weighted by atomic mass is 9.80. The van der Waals surface area contributed by atoms with E-state index in [1.165, 1.54) is 24.3 Å². The summed E-state index contributed by atoms with van der Waals surface area (Å²) in [5.41, 5.74) is 0.507. The number of halogens is 3. The van der Waals surface area contributed by atoms with Crippen LogP contribution in [-0.2, 0) is 4.79 Å². The second kappa shape index (κ2) is 7.25. The number of nitrogens with zero attached hydrogens (tertiary/aromatic N) is 1. The molecule has 1 saturated heterocycles. The summed E-state index contributed by atoms with van der Waals surface area (Å²) in [6.45, 7) is 0.408. The molecule has 0 unspecified atom stereocenters. The molecule has 0 saturated carbocycles. The van der Waals surface area contributed by atoms with E-state index < -0.39 is 23.5 Å². The van der Waals surface area contributed by atoms with E-state index in [1.807, 2.05) is 0 Å². The van der Waals surface area contributed by atoms with Gasteiger partial charge in [-0.05, 0) is 42.2 Å².